The summed E-state index contributed by atoms with van der Waals surface area (Å²) >= 11 is 0. The first-order valence-corrected chi connectivity index (χ1v) is 7.09. The minimum atomic E-state index is -0.778. The van der Waals surface area contributed by atoms with Crippen LogP contribution < -0.4 is 4.74 Å². The zero-order valence-electron chi connectivity index (χ0n) is 11.7. The summed E-state index contributed by atoms with van der Waals surface area (Å²) in [4.78, 5) is 11.8. The van der Waals surface area contributed by atoms with Crippen molar-refractivity contribution in [2.75, 3.05) is 6.61 Å². The molecule has 1 aromatic rings. The molecule has 0 saturated carbocycles. The minimum absolute atomic E-state index is 0.202. The Balaban J connectivity index is 2.10. The van der Waals surface area contributed by atoms with Crippen molar-refractivity contribution in [1.82, 2.24) is 0 Å². The van der Waals surface area contributed by atoms with Gasteiger partial charge in [0.2, 0.25) is 0 Å². The molecule has 0 unspecified atom stereocenters. The topological polar surface area (TPSA) is 46.5 Å². The summed E-state index contributed by atoms with van der Waals surface area (Å²) in [6.07, 6.45) is 3.86. The molecule has 104 valence electrons. The molecule has 1 aromatic carbocycles. The third-order valence-corrected chi connectivity index (χ3v) is 4.06. The predicted octanol–water partition coefficient (Wildman–Crippen LogP) is 3.14. The molecule has 0 bridgehead atoms. The predicted molar refractivity (Wildman–Crippen MR) is 74.7 cm³/mol. The highest BCUT2D eigenvalue weighted by atomic mass is 16.5. The molecule has 2 rings (SSSR count). The van der Waals surface area contributed by atoms with E-state index < -0.39 is 5.60 Å². The second kappa shape index (κ2) is 5.74. The van der Waals surface area contributed by atoms with Crippen molar-refractivity contribution >= 4 is 5.78 Å². The second-order valence-electron chi connectivity index (χ2n) is 5.32. The molecule has 0 saturated heterocycles. The van der Waals surface area contributed by atoms with Gasteiger partial charge in [-0.3, -0.25) is 4.79 Å². The molecule has 0 spiro atoms. The van der Waals surface area contributed by atoms with Gasteiger partial charge in [-0.15, -0.1) is 0 Å². The lowest BCUT2D eigenvalue weighted by Crippen LogP contribution is -2.34. The van der Waals surface area contributed by atoms with Gasteiger partial charge >= 0.3 is 0 Å². The molecule has 3 heteroatoms. The van der Waals surface area contributed by atoms with E-state index in [1.54, 1.807) is 0 Å². The molecule has 0 fully saturated rings. The average Bonchev–Trinajstić information content (AvgIpc) is 2.45. The van der Waals surface area contributed by atoms with Crippen LogP contribution in [0.5, 0.6) is 5.75 Å². The van der Waals surface area contributed by atoms with Gasteiger partial charge in [-0.2, -0.15) is 0 Å². The molecule has 3 nitrogen and oxygen atoms in total. The highest BCUT2D eigenvalue weighted by Gasteiger charge is 2.24. The van der Waals surface area contributed by atoms with Crippen LogP contribution in [0.1, 0.15) is 55.5 Å². The minimum Gasteiger partial charge on any atom is -0.491 e. The van der Waals surface area contributed by atoms with Crippen molar-refractivity contribution in [1.29, 1.82) is 0 Å². The van der Waals surface area contributed by atoms with Crippen molar-refractivity contribution in [3.8, 4) is 5.75 Å². The highest BCUT2D eigenvalue weighted by molar-refractivity contribution is 5.98. The van der Waals surface area contributed by atoms with Gasteiger partial charge in [-0.1, -0.05) is 19.9 Å². The lowest BCUT2D eigenvalue weighted by Gasteiger charge is -2.25. The Bertz CT molecular complexity index is 461. The third kappa shape index (κ3) is 3.16. The fourth-order valence-electron chi connectivity index (χ4n) is 2.37. The number of aliphatic hydroxyl groups is 1. The number of hydrogen-bond acceptors (Lipinski definition) is 3. The first kappa shape index (κ1) is 14.1. The molecule has 0 aromatic heterocycles. The van der Waals surface area contributed by atoms with Crippen LogP contribution in [0.3, 0.4) is 0 Å². The van der Waals surface area contributed by atoms with E-state index in [9.17, 15) is 9.90 Å². The fraction of sp³-hybridized carbons (Fsp3) is 0.562. The maximum Gasteiger partial charge on any atom is 0.163 e. The number of ether oxygens (including phenoxy) is 1. The number of carbonyl (C=O) groups is 1. The zero-order valence-corrected chi connectivity index (χ0v) is 11.7. The van der Waals surface area contributed by atoms with Gasteiger partial charge in [0.15, 0.2) is 5.78 Å². The monoisotopic (exact) mass is 262 g/mol. The molecule has 19 heavy (non-hydrogen) atoms. The molecule has 1 N–H and O–H groups in total. The molecule has 0 heterocycles. The Morgan fingerprint density at radius 1 is 1.26 bits per heavy atom. The summed E-state index contributed by atoms with van der Waals surface area (Å²) in [6.45, 7) is 4.17. The smallest absolute Gasteiger partial charge is 0.163 e. The van der Waals surface area contributed by atoms with Gasteiger partial charge in [0.25, 0.3) is 0 Å². The number of benzene rings is 1. The van der Waals surface area contributed by atoms with Gasteiger partial charge in [0.05, 0.1) is 5.60 Å². The molecule has 1 aliphatic rings. The molecular formula is C16H22O3. The van der Waals surface area contributed by atoms with E-state index in [0.717, 1.165) is 24.0 Å². The number of ketones is 1. The van der Waals surface area contributed by atoms with Crippen LogP contribution in [-0.2, 0) is 6.42 Å². The Morgan fingerprint density at radius 2 is 2.00 bits per heavy atom. The van der Waals surface area contributed by atoms with Crippen molar-refractivity contribution < 1.29 is 14.6 Å². The lowest BCUT2D eigenvalue weighted by molar-refractivity contribution is -0.0113. The van der Waals surface area contributed by atoms with Gasteiger partial charge in [-0.25, -0.2) is 0 Å². The first-order valence-electron chi connectivity index (χ1n) is 7.09. The number of aryl methyl sites for hydroxylation is 1. The van der Waals surface area contributed by atoms with E-state index in [0.29, 0.717) is 25.0 Å². The summed E-state index contributed by atoms with van der Waals surface area (Å²) in [7, 11) is 0. The number of fused-ring (bicyclic) bond motifs is 1. The number of rotatable bonds is 5. The summed E-state index contributed by atoms with van der Waals surface area (Å²) in [6, 6.07) is 5.68. The van der Waals surface area contributed by atoms with E-state index in [4.69, 9.17) is 4.74 Å². The molecular weight excluding hydrogens is 240 g/mol. The molecule has 0 radical (unpaired) electrons. The van der Waals surface area contributed by atoms with Gasteiger partial charge in [0, 0.05) is 12.0 Å². The van der Waals surface area contributed by atoms with Crippen molar-refractivity contribution in [2.24, 2.45) is 0 Å². The van der Waals surface area contributed by atoms with Crippen molar-refractivity contribution in [3.05, 3.63) is 29.3 Å². The van der Waals surface area contributed by atoms with Crippen LogP contribution in [-0.4, -0.2) is 23.1 Å². The third-order valence-electron chi connectivity index (χ3n) is 4.06. The van der Waals surface area contributed by atoms with Crippen molar-refractivity contribution in [3.63, 3.8) is 0 Å². The summed E-state index contributed by atoms with van der Waals surface area (Å²) in [5.74, 6) is 0.877. The molecule has 1 aliphatic carbocycles. The normalized spacial score (nSPS) is 15.2. The zero-order chi connectivity index (χ0) is 13.9. The Morgan fingerprint density at radius 3 is 2.68 bits per heavy atom. The van der Waals surface area contributed by atoms with E-state index in [1.165, 1.54) is 0 Å². The lowest BCUT2D eigenvalue weighted by atomic mass is 9.90. The van der Waals surface area contributed by atoms with Gasteiger partial charge in [0.1, 0.15) is 12.4 Å². The molecule has 0 amide bonds. The number of carbonyl (C=O) groups excluding carboxylic acids is 1. The van der Waals surface area contributed by atoms with Crippen LogP contribution in [0.25, 0.3) is 0 Å². The van der Waals surface area contributed by atoms with Crippen LogP contribution >= 0.6 is 0 Å². The van der Waals surface area contributed by atoms with Gasteiger partial charge in [-0.05, 0) is 43.4 Å². The van der Waals surface area contributed by atoms with E-state index in [2.05, 4.69) is 0 Å². The van der Waals surface area contributed by atoms with Crippen LogP contribution in [0.2, 0.25) is 0 Å². The van der Waals surface area contributed by atoms with Crippen LogP contribution in [0.4, 0.5) is 0 Å². The van der Waals surface area contributed by atoms with Crippen LogP contribution in [0, 0.1) is 0 Å². The van der Waals surface area contributed by atoms with E-state index in [-0.39, 0.29) is 12.4 Å². The maximum atomic E-state index is 11.8. The number of hydrogen-bond donors (Lipinski definition) is 1. The summed E-state index contributed by atoms with van der Waals surface area (Å²) < 4.78 is 5.67. The highest BCUT2D eigenvalue weighted by Crippen LogP contribution is 2.26. The molecule has 0 aliphatic heterocycles. The average molecular weight is 262 g/mol. The molecule has 0 atom stereocenters. The Hall–Kier alpha value is -1.35. The Kier molecular flexibility index (Phi) is 4.25. The summed E-state index contributed by atoms with van der Waals surface area (Å²) in [5.41, 5.74) is 1.13. The van der Waals surface area contributed by atoms with Crippen molar-refractivity contribution in [2.45, 2.75) is 51.6 Å². The first-order chi connectivity index (χ1) is 9.08. The summed E-state index contributed by atoms with van der Waals surface area (Å²) in [5, 5.41) is 10.2. The van der Waals surface area contributed by atoms with E-state index >= 15 is 0 Å². The van der Waals surface area contributed by atoms with Crippen LogP contribution in [0.15, 0.2) is 18.2 Å². The SMILES string of the molecule is CCC(O)(CC)COc1ccc2c(c1)C(=O)CCC2. The number of Topliss-reactive ketones (excluding diaryl/α,β-unsaturated/α-hetero) is 1. The largest absolute Gasteiger partial charge is 0.491 e. The fourth-order valence-corrected chi connectivity index (χ4v) is 2.37. The van der Waals surface area contributed by atoms with E-state index in [1.807, 2.05) is 32.0 Å². The standard InChI is InChI=1S/C16H22O3/c1-3-16(18,4-2)11-19-13-9-8-12-6-5-7-15(17)14(12)10-13/h8-10,18H,3-7,11H2,1-2H3. The maximum absolute atomic E-state index is 11.8. The second-order valence-corrected chi connectivity index (χ2v) is 5.32. The van der Waals surface area contributed by atoms with Gasteiger partial charge < -0.3 is 9.84 Å². The quantitative estimate of drug-likeness (QED) is 0.886. The Labute approximate surface area is 114 Å².